The molecule has 0 amide bonds. The van der Waals surface area contributed by atoms with Gasteiger partial charge in [-0.2, -0.15) is 0 Å². The van der Waals surface area contributed by atoms with E-state index in [1.807, 2.05) is 0 Å². The number of aryl methyl sites for hydroxylation is 2. The van der Waals surface area contributed by atoms with Gasteiger partial charge in [-0.25, -0.2) is 13.5 Å². The number of pyridine rings is 2. The number of aromatic nitrogens is 2. The fourth-order valence-electron chi connectivity index (χ4n) is 2.47. The fraction of sp³-hybridized carbons (Fsp3) is 0.111. The molecule has 0 saturated heterocycles. The van der Waals surface area contributed by atoms with E-state index >= 15 is 0 Å². The molecule has 0 fully saturated rings. The van der Waals surface area contributed by atoms with Gasteiger partial charge >= 0.3 is 28.2 Å². The van der Waals surface area contributed by atoms with Gasteiger partial charge < -0.3 is 0 Å². The maximum atomic E-state index is 14.3. The summed E-state index contributed by atoms with van der Waals surface area (Å²) in [6.45, 7) is 0. The predicted molar refractivity (Wildman–Crippen MR) is 84.2 cm³/mol. The Morgan fingerprint density at radius 1 is 0.760 bits per heavy atom. The van der Waals surface area contributed by atoms with Gasteiger partial charge in [0.1, 0.15) is 19.9 Å². The Balaban J connectivity index is 0.00000109. The van der Waals surface area contributed by atoms with E-state index in [-0.39, 0.29) is 11.1 Å². The van der Waals surface area contributed by atoms with E-state index in [0.29, 0.717) is 11.4 Å². The van der Waals surface area contributed by atoms with Crippen LogP contribution in [-0.4, -0.2) is 0 Å². The van der Waals surface area contributed by atoms with Gasteiger partial charge in [0.15, 0.2) is 23.8 Å². The van der Waals surface area contributed by atoms with E-state index in [1.165, 1.54) is 0 Å². The van der Waals surface area contributed by atoms with Crippen LogP contribution in [-0.2, 0) is 32.9 Å². The molecule has 0 aliphatic carbocycles. The molecular formula is C18H14ClF3N2Pt+2. The summed E-state index contributed by atoms with van der Waals surface area (Å²) in [5, 5.41) is 0. The third-order valence-electron chi connectivity index (χ3n) is 3.70. The van der Waals surface area contributed by atoms with Crippen molar-refractivity contribution in [2.45, 2.75) is 0 Å². The van der Waals surface area contributed by atoms with Crippen molar-refractivity contribution in [2.24, 2.45) is 14.1 Å². The van der Waals surface area contributed by atoms with Gasteiger partial charge in [0, 0.05) is 12.1 Å². The van der Waals surface area contributed by atoms with Gasteiger partial charge in [-0.05, 0) is 23.3 Å². The van der Waals surface area contributed by atoms with E-state index in [2.05, 4.69) is 15.5 Å². The molecule has 0 N–H and O–H groups in total. The van der Waals surface area contributed by atoms with E-state index < -0.39 is 17.5 Å². The minimum absolute atomic E-state index is 0.106. The zero-order chi connectivity index (χ0) is 18.6. The first-order chi connectivity index (χ1) is 12.0. The van der Waals surface area contributed by atoms with Crippen molar-refractivity contribution in [2.75, 3.05) is 0 Å². The summed E-state index contributed by atoms with van der Waals surface area (Å²) in [5.41, 5.74) is 0.601. The molecule has 0 spiro atoms. The second-order valence-electron chi connectivity index (χ2n) is 5.21. The molecule has 25 heavy (non-hydrogen) atoms. The molecule has 2 heterocycles. The first kappa shape index (κ1) is 19.6. The summed E-state index contributed by atoms with van der Waals surface area (Å²) in [5.74, 6) is -3.99. The average Bonchev–Trinajstić information content (AvgIpc) is 2.63. The SMILES string of the molecule is C[n+]1ccccc1-c1[c-]c(-c2cccc[n+]2C)c(F)c(F)c1F.[Cl][Pt+]. The molecule has 2 nitrogen and oxygen atoms in total. The predicted octanol–water partition coefficient (Wildman–Crippen LogP) is 3.57. The molecule has 0 unspecified atom stereocenters. The average molecular weight is 546 g/mol. The molecule has 0 aliphatic rings. The minimum atomic E-state index is -1.50. The van der Waals surface area contributed by atoms with E-state index in [0.717, 1.165) is 0 Å². The van der Waals surface area contributed by atoms with Crippen molar-refractivity contribution in [3.8, 4) is 22.5 Å². The van der Waals surface area contributed by atoms with Crippen molar-refractivity contribution in [3.63, 3.8) is 0 Å². The molecule has 0 saturated carbocycles. The van der Waals surface area contributed by atoms with Gasteiger partial charge in [-0.3, -0.25) is 8.78 Å². The van der Waals surface area contributed by atoms with Crippen LogP contribution >= 0.6 is 9.42 Å². The monoisotopic (exact) mass is 545 g/mol. The number of halogens is 4. The van der Waals surface area contributed by atoms with E-state index in [1.54, 1.807) is 90.8 Å². The fourth-order valence-corrected chi connectivity index (χ4v) is 2.47. The molecule has 1 aromatic carbocycles. The van der Waals surface area contributed by atoms with Crippen LogP contribution < -0.4 is 9.13 Å². The number of hydrogen-bond donors (Lipinski definition) is 0. The Kier molecular flexibility index (Phi) is 6.74. The molecule has 0 aliphatic heterocycles. The number of benzene rings is 1. The molecule has 7 heteroatoms. The second-order valence-corrected chi connectivity index (χ2v) is 5.21. The topological polar surface area (TPSA) is 7.76 Å². The van der Waals surface area contributed by atoms with Crippen LogP contribution in [0.2, 0.25) is 0 Å². The quantitative estimate of drug-likeness (QED) is 0.264. The van der Waals surface area contributed by atoms with E-state index in [9.17, 15) is 13.2 Å². The molecule has 3 aromatic rings. The van der Waals surface area contributed by atoms with Gasteiger partial charge in [-0.15, -0.1) is 0 Å². The molecule has 3 rings (SSSR count). The molecule has 0 radical (unpaired) electrons. The Bertz CT molecular complexity index is 834. The van der Waals surface area contributed by atoms with Crippen LogP contribution in [0.15, 0.2) is 48.8 Å². The molecule has 0 bridgehead atoms. The first-order valence-electron chi connectivity index (χ1n) is 7.12. The van der Waals surface area contributed by atoms with Crippen molar-refractivity contribution >= 4 is 9.42 Å². The van der Waals surface area contributed by atoms with Gasteiger partial charge in [0.2, 0.25) is 0 Å². The van der Waals surface area contributed by atoms with Crippen molar-refractivity contribution in [3.05, 3.63) is 72.3 Å². The number of hydrogen-bond acceptors (Lipinski definition) is 0. The normalized spacial score (nSPS) is 10.2. The van der Waals surface area contributed by atoms with Crippen LogP contribution in [0.5, 0.6) is 0 Å². The summed E-state index contributed by atoms with van der Waals surface area (Å²) in [7, 11) is 8.01. The van der Waals surface area contributed by atoms with Crippen LogP contribution in [0.25, 0.3) is 22.5 Å². The zero-order valence-corrected chi connectivity index (χ0v) is 16.4. The summed E-state index contributed by atoms with van der Waals surface area (Å²) < 4.78 is 45.9. The zero-order valence-electron chi connectivity index (χ0n) is 13.3. The first-order valence-corrected chi connectivity index (χ1v) is 9.94. The third-order valence-corrected chi connectivity index (χ3v) is 3.70. The maximum absolute atomic E-state index is 14.3. The van der Waals surface area contributed by atoms with Crippen LogP contribution in [0.4, 0.5) is 13.2 Å². The van der Waals surface area contributed by atoms with Crippen LogP contribution in [0, 0.1) is 23.5 Å². The van der Waals surface area contributed by atoms with Crippen LogP contribution in [0.1, 0.15) is 0 Å². The molecular weight excluding hydrogens is 532 g/mol. The molecule has 2 aromatic heterocycles. The molecule has 132 valence electrons. The standard InChI is InChI=1S/C18H14F3N2.ClH.Pt/c1-22-9-5-3-7-14(22)12-11-13(17(20)18(21)16(12)19)15-8-4-6-10-23(15)2;;/h3-10H,1-2H3;1H;/q+1;;+2/p-1. The number of rotatable bonds is 2. The van der Waals surface area contributed by atoms with Crippen LogP contribution in [0.3, 0.4) is 0 Å². The Hall–Kier alpha value is -1.71. The third kappa shape index (κ3) is 3.93. The number of nitrogens with zero attached hydrogens (tertiary/aromatic N) is 2. The summed E-state index contributed by atoms with van der Waals surface area (Å²) in [4.78, 5) is 0. The summed E-state index contributed by atoms with van der Waals surface area (Å²) in [6, 6.07) is 12.9. The van der Waals surface area contributed by atoms with Crippen molar-refractivity contribution in [1.82, 2.24) is 0 Å². The second kappa shape index (κ2) is 8.59. The van der Waals surface area contributed by atoms with Crippen molar-refractivity contribution in [1.29, 1.82) is 0 Å². The van der Waals surface area contributed by atoms with Gasteiger partial charge in [0.05, 0.1) is 11.6 Å². The van der Waals surface area contributed by atoms with Crippen molar-refractivity contribution < 1.29 is 41.1 Å². The Morgan fingerprint density at radius 3 is 1.52 bits per heavy atom. The Labute approximate surface area is 159 Å². The summed E-state index contributed by atoms with van der Waals surface area (Å²) >= 11 is 1.61. The van der Waals surface area contributed by atoms with Gasteiger partial charge in [0.25, 0.3) is 0 Å². The van der Waals surface area contributed by atoms with Gasteiger partial charge in [-0.1, -0.05) is 18.2 Å². The molecule has 0 atom stereocenters. The van der Waals surface area contributed by atoms with E-state index in [4.69, 9.17) is 0 Å². The Morgan fingerprint density at radius 2 is 1.16 bits per heavy atom. The summed E-state index contributed by atoms with van der Waals surface area (Å²) in [6.07, 6.45) is 3.40.